The number of aliphatic hydroxyl groups is 3. The molecule has 7 heteroatoms. The number of hydrogen-bond donors (Lipinski definition) is 4. The van der Waals surface area contributed by atoms with Gasteiger partial charge in [0.1, 0.15) is 13.2 Å². The van der Waals surface area contributed by atoms with Crippen molar-refractivity contribution < 1.29 is 24.8 Å². The van der Waals surface area contributed by atoms with E-state index in [0.717, 1.165) is 5.56 Å². The number of ether oxygens (including phenoxy) is 2. The Hall–Kier alpha value is -1.05. The number of nitrogens with one attached hydrogen (secondary N) is 1. The molecular formula is C13H18ClNO5. The van der Waals surface area contributed by atoms with Crippen LogP contribution in [0.15, 0.2) is 12.1 Å². The third-order valence-corrected chi connectivity index (χ3v) is 3.51. The van der Waals surface area contributed by atoms with Crippen LogP contribution in [-0.2, 0) is 6.54 Å². The Labute approximate surface area is 121 Å². The molecule has 4 N–H and O–H groups in total. The van der Waals surface area contributed by atoms with Gasteiger partial charge < -0.3 is 30.1 Å². The Morgan fingerprint density at radius 1 is 1.10 bits per heavy atom. The van der Waals surface area contributed by atoms with Gasteiger partial charge in [0.2, 0.25) is 0 Å². The quantitative estimate of drug-likeness (QED) is 0.587. The third-order valence-electron chi connectivity index (χ3n) is 3.23. The Morgan fingerprint density at radius 2 is 1.75 bits per heavy atom. The van der Waals surface area contributed by atoms with Gasteiger partial charge in [0.05, 0.1) is 30.4 Å². The first-order chi connectivity index (χ1) is 9.64. The summed E-state index contributed by atoms with van der Waals surface area (Å²) in [6.45, 7) is 0.119. The number of aliphatic hydroxyl groups excluding tert-OH is 3. The number of fused-ring (bicyclic) bond motifs is 1. The molecule has 1 aromatic carbocycles. The van der Waals surface area contributed by atoms with Crippen LogP contribution in [0.25, 0.3) is 0 Å². The Kier molecular flexibility index (Phi) is 5.06. The summed E-state index contributed by atoms with van der Waals surface area (Å²) in [5, 5.41) is 31.1. The highest BCUT2D eigenvalue weighted by Gasteiger charge is 2.27. The van der Waals surface area contributed by atoms with Crippen LogP contribution in [0.5, 0.6) is 11.5 Å². The summed E-state index contributed by atoms with van der Waals surface area (Å²) in [5.74, 6) is 1.10. The van der Waals surface area contributed by atoms with Crippen LogP contribution >= 0.6 is 11.6 Å². The Morgan fingerprint density at radius 3 is 2.40 bits per heavy atom. The van der Waals surface area contributed by atoms with Crippen LogP contribution in [-0.4, -0.2) is 53.9 Å². The number of hydrogen-bond acceptors (Lipinski definition) is 6. The average Bonchev–Trinajstić information content (AvgIpc) is 2.49. The first-order valence-corrected chi connectivity index (χ1v) is 6.67. The predicted octanol–water partition coefficient (Wildman–Crippen LogP) is -0.0835. The molecule has 0 aromatic heterocycles. The van der Waals surface area contributed by atoms with Gasteiger partial charge in [-0.3, -0.25) is 0 Å². The van der Waals surface area contributed by atoms with E-state index < -0.39 is 5.54 Å². The lowest BCUT2D eigenvalue weighted by atomic mass is 10.0. The molecule has 0 unspecified atom stereocenters. The summed E-state index contributed by atoms with van der Waals surface area (Å²) in [6, 6.07) is 3.50. The second kappa shape index (κ2) is 6.60. The van der Waals surface area contributed by atoms with Crippen LogP contribution < -0.4 is 14.8 Å². The number of halogens is 1. The summed E-state index contributed by atoms with van der Waals surface area (Å²) < 4.78 is 10.9. The molecule has 1 aliphatic heterocycles. The molecule has 112 valence electrons. The maximum absolute atomic E-state index is 9.25. The van der Waals surface area contributed by atoms with Crippen LogP contribution in [0, 0.1) is 0 Å². The van der Waals surface area contributed by atoms with E-state index in [0.29, 0.717) is 36.3 Å². The van der Waals surface area contributed by atoms with Gasteiger partial charge in [-0.2, -0.15) is 0 Å². The van der Waals surface area contributed by atoms with E-state index in [1.54, 1.807) is 12.1 Å². The molecule has 20 heavy (non-hydrogen) atoms. The van der Waals surface area contributed by atoms with Gasteiger partial charge >= 0.3 is 0 Å². The van der Waals surface area contributed by atoms with Crippen molar-refractivity contribution in [2.24, 2.45) is 0 Å². The van der Waals surface area contributed by atoms with E-state index in [4.69, 9.17) is 21.1 Å². The van der Waals surface area contributed by atoms with Crippen molar-refractivity contribution >= 4 is 11.6 Å². The lowest BCUT2D eigenvalue weighted by molar-refractivity contribution is 0.0413. The lowest BCUT2D eigenvalue weighted by Crippen LogP contribution is -2.54. The summed E-state index contributed by atoms with van der Waals surface area (Å²) in [4.78, 5) is 0. The smallest absolute Gasteiger partial charge is 0.179 e. The first kappa shape index (κ1) is 15.3. The predicted molar refractivity (Wildman–Crippen MR) is 73.3 cm³/mol. The summed E-state index contributed by atoms with van der Waals surface area (Å²) in [7, 11) is 0. The molecule has 0 saturated heterocycles. The highest BCUT2D eigenvalue weighted by atomic mass is 35.5. The largest absolute Gasteiger partial charge is 0.486 e. The van der Waals surface area contributed by atoms with Gasteiger partial charge in [-0.1, -0.05) is 11.6 Å². The average molecular weight is 304 g/mol. The normalized spacial score (nSPS) is 14.4. The van der Waals surface area contributed by atoms with Crippen LogP contribution in [0.4, 0.5) is 0 Å². The topological polar surface area (TPSA) is 91.2 Å². The number of benzene rings is 1. The van der Waals surface area contributed by atoms with Crippen LogP contribution in [0.2, 0.25) is 5.02 Å². The second-order valence-electron chi connectivity index (χ2n) is 4.71. The molecule has 1 aromatic rings. The minimum Gasteiger partial charge on any atom is -0.486 e. The van der Waals surface area contributed by atoms with Crippen LogP contribution in [0.3, 0.4) is 0 Å². The van der Waals surface area contributed by atoms with E-state index in [2.05, 4.69) is 5.32 Å². The summed E-state index contributed by atoms with van der Waals surface area (Å²) in [5.41, 5.74) is -0.321. The highest BCUT2D eigenvalue weighted by molar-refractivity contribution is 6.32. The van der Waals surface area contributed by atoms with Gasteiger partial charge in [-0.05, 0) is 17.7 Å². The fourth-order valence-corrected chi connectivity index (χ4v) is 2.16. The number of rotatable bonds is 6. The molecule has 2 rings (SSSR count). The fraction of sp³-hybridized carbons (Fsp3) is 0.538. The summed E-state index contributed by atoms with van der Waals surface area (Å²) >= 11 is 6.12. The van der Waals surface area contributed by atoms with Gasteiger partial charge in [0.25, 0.3) is 0 Å². The first-order valence-electron chi connectivity index (χ1n) is 6.30. The molecular weight excluding hydrogens is 286 g/mol. The van der Waals surface area contributed by atoms with Gasteiger partial charge in [0.15, 0.2) is 11.5 Å². The minimum absolute atomic E-state index is 0.317. The molecule has 6 nitrogen and oxygen atoms in total. The molecule has 1 aliphatic rings. The maximum Gasteiger partial charge on any atom is 0.179 e. The lowest BCUT2D eigenvalue weighted by Gasteiger charge is -2.29. The molecule has 0 amide bonds. The molecule has 0 saturated carbocycles. The maximum atomic E-state index is 9.25. The summed E-state index contributed by atoms with van der Waals surface area (Å²) in [6.07, 6.45) is 0. The van der Waals surface area contributed by atoms with Crippen molar-refractivity contribution in [1.29, 1.82) is 0 Å². The Balaban J connectivity index is 2.12. The van der Waals surface area contributed by atoms with Gasteiger partial charge in [0, 0.05) is 6.54 Å². The Bertz CT molecular complexity index is 456. The third kappa shape index (κ3) is 3.16. The van der Waals surface area contributed by atoms with Gasteiger partial charge in [-0.15, -0.1) is 0 Å². The van der Waals surface area contributed by atoms with Crippen molar-refractivity contribution in [2.45, 2.75) is 12.1 Å². The molecule has 0 radical (unpaired) electrons. The van der Waals surface area contributed by atoms with Crippen molar-refractivity contribution in [3.05, 3.63) is 22.7 Å². The standard InChI is InChI=1S/C13H18ClNO5/c14-10-3-9(4-11-12(10)20-2-1-19-11)5-15-13(6-16,7-17)8-18/h3-4,15-18H,1-2,5-8H2. The zero-order chi connectivity index (χ0) is 14.6. The van der Waals surface area contributed by atoms with E-state index in [-0.39, 0.29) is 19.8 Å². The second-order valence-corrected chi connectivity index (χ2v) is 5.12. The van der Waals surface area contributed by atoms with E-state index in [1.165, 1.54) is 0 Å². The molecule has 0 aliphatic carbocycles. The molecule has 0 fully saturated rings. The van der Waals surface area contributed by atoms with E-state index in [9.17, 15) is 15.3 Å². The SMILES string of the molecule is OCC(CO)(CO)NCc1cc(Cl)c2c(c1)OCCO2. The van der Waals surface area contributed by atoms with E-state index in [1.807, 2.05) is 0 Å². The monoisotopic (exact) mass is 303 g/mol. The van der Waals surface area contributed by atoms with Crippen molar-refractivity contribution in [3.8, 4) is 11.5 Å². The van der Waals surface area contributed by atoms with E-state index >= 15 is 0 Å². The van der Waals surface area contributed by atoms with Gasteiger partial charge in [-0.25, -0.2) is 0 Å². The fourth-order valence-electron chi connectivity index (χ4n) is 1.87. The molecule has 0 atom stereocenters. The molecule has 0 spiro atoms. The molecule has 1 heterocycles. The molecule has 0 bridgehead atoms. The zero-order valence-corrected chi connectivity index (χ0v) is 11.7. The minimum atomic E-state index is -1.13. The van der Waals surface area contributed by atoms with Crippen molar-refractivity contribution in [1.82, 2.24) is 5.32 Å². The van der Waals surface area contributed by atoms with Crippen molar-refractivity contribution in [2.75, 3.05) is 33.0 Å². The highest BCUT2D eigenvalue weighted by Crippen LogP contribution is 2.38. The van der Waals surface area contributed by atoms with Crippen LogP contribution in [0.1, 0.15) is 5.56 Å². The zero-order valence-electron chi connectivity index (χ0n) is 10.9. The van der Waals surface area contributed by atoms with Crippen molar-refractivity contribution in [3.63, 3.8) is 0 Å².